The fraction of sp³-hybridized carbons (Fsp3) is 0.108. The zero-order valence-electron chi connectivity index (χ0n) is 58.2. The third kappa shape index (κ3) is 27.3. The molecule has 10 aromatic rings. The van der Waals surface area contributed by atoms with Crippen LogP contribution < -0.4 is 42.5 Å². The number of nitrogens with zero attached hydrogens (tertiary/aromatic N) is 2. The summed E-state index contributed by atoms with van der Waals surface area (Å²) in [6.45, 7) is 0.333. The number of aromatic hydroxyl groups is 1. The number of nitrogens with one attached hydrogen (secondary N) is 1. The third-order valence-electron chi connectivity index (χ3n) is 14.5. The van der Waals surface area contributed by atoms with Gasteiger partial charge in [-0.15, -0.1) is 0 Å². The predicted octanol–water partition coefficient (Wildman–Crippen LogP) is 15.5. The number of aldehydes is 2. The first-order valence-electron chi connectivity index (χ1n) is 31.9. The molecule has 0 saturated heterocycles. The van der Waals surface area contributed by atoms with Gasteiger partial charge in [0.25, 0.3) is 9.05 Å². The number of para-hydroxylation sites is 6. The maximum Gasteiger partial charge on any atom is 0.416 e. The van der Waals surface area contributed by atoms with Crippen molar-refractivity contribution in [2.75, 3.05) is 13.6 Å². The number of phenolic OH excluding ortho intramolecular Hbond substituents is 1. The summed E-state index contributed by atoms with van der Waals surface area (Å²) in [5.74, 6) is 0.783. The van der Waals surface area contributed by atoms with Gasteiger partial charge in [0.05, 0.1) is 63.8 Å². The number of halogens is 13. The molecule has 0 radical (unpaired) electrons. The van der Waals surface area contributed by atoms with Gasteiger partial charge >= 0.3 is 61.0 Å². The van der Waals surface area contributed by atoms with E-state index in [0.29, 0.717) is 95.2 Å². The molecule has 0 bridgehead atoms. The van der Waals surface area contributed by atoms with Gasteiger partial charge in [0.1, 0.15) is 31.8 Å². The van der Waals surface area contributed by atoms with Crippen molar-refractivity contribution in [2.24, 2.45) is 15.7 Å². The summed E-state index contributed by atoms with van der Waals surface area (Å²) < 4.78 is 279. The fourth-order valence-electron chi connectivity index (χ4n) is 9.01. The molecule has 0 spiro atoms. The van der Waals surface area contributed by atoms with E-state index < -0.39 is 107 Å². The largest absolute Gasteiger partial charge is 0.507 e. The van der Waals surface area contributed by atoms with Gasteiger partial charge in [-0.25, -0.2) is 18.4 Å². The summed E-state index contributed by atoms with van der Waals surface area (Å²) in [7, 11) is -12.1. The van der Waals surface area contributed by atoms with Crippen LogP contribution in [0.5, 0.6) is 46.0 Å². The van der Waals surface area contributed by atoms with Gasteiger partial charge in [-0.2, -0.15) is 77.9 Å². The Morgan fingerprint density at radius 3 is 1.11 bits per heavy atom. The van der Waals surface area contributed by atoms with Crippen LogP contribution in [0.15, 0.2) is 260 Å². The van der Waals surface area contributed by atoms with E-state index in [1.54, 1.807) is 66.7 Å². The lowest BCUT2D eigenvalue weighted by molar-refractivity contribution is -0.138. The number of hydrogen-bond donors (Lipinski definition) is 4. The fourth-order valence-corrected chi connectivity index (χ4v) is 12.6. The van der Waals surface area contributed by atoms with Crippen LogP contribution in [0.25, 0.3) is 0 Å². The number of hydrogen-bond acceptors (Lipinski definition) is 22. The monoisotopic (exact) mass is 1730 g/mol. The Balaban J connectivity index is 0.000000203. The lowest BCUT2D eigenvalue weighted by atomic mass is 10.1. The molecule has 612 valence electrons. The van der Waals surface area contributed by atoms with Gasteiger partial charge in [-0.05, 0) is 181 Å². The minimum atomic E-state index is -4.60. The number of aliphatic carboxylic acids is 1. The van der Waals surface area contributed by atoms with E-state index in [-0.39, 0.29) is 77.2 Å². The van der Waals surface area contributed by atoms with Gasteiger partial charge in [0.2, 0.25) is 19.5 Å². The number of rotatable bonds is 19. The molecular formula is C74H55ClF12N4O21S4. The SMILES string of the molecule is NC=Nc1ccccc1OS(=O)(=O)c1ccc(C(F)(F)F)cc1.O=C(Cc1ccc2c(c1)OCO2)NC=Nc1ccccc1OS(=O)(=O)c1ccc(C(F)(F)F)cc1.O=C(O)Cc1ccc2c(c1)OCO2.O=Cc1ccccc1O.O=Cc1ccccc1OS(=O)(=O)c1ccc(C(F)(F)F)cc1.O=S(=O)(Cl)c1ccc(C(F)(F)F)cc1. The lowest BCUT2D eigenvalue weighted by Gasteiger charge is -2.10. The maximum absolute atomic E-state index is 12.7. The topological polar surface area (TPSA) is 373 Å². The molecule has 0 unspecified atom stereocenters. The summed E-state index contributed by atoms with van der Waals surface area (Å²) in [6.07, 6.45) is -15.1. The number of amides is 1. The van der Waals surface area contributed by atoms with Gasteiger partial charge in [0, 0.05) is 10.7 Å². The molecule has 42 heteroatoms. The van der Waals surface area contributed by atoms with Crippen molar-refractivity contribution in [1.29, 1.82) is 0 Å². The van der Waals surface area contributed by atoms with Crippen LogP contribution in [0.2, 0.25) is 0 Å². The Kier molecular flexibility index (Phi) is 30.7. The van der Waals surface area contributed by atoms with E-state index >= 15 is 0 Å². The van der Waals surface area contributed by atoms with E-state index in [1.807, 2.05) is 0 Å². The van der Waals surface area contributed by atoms with Crippen LogP contribution in [0.4, 0.5) is 64.1 Å². The average Bonchev–Trinajstić information content (AvgIpc) is 1.42. The summed E-state index contributed by atoms with van der Waals surface area (Å²) >= 11 is 0. The van der Waals surface area contributed by atoms with Gasteiger partial charge in [0.15, 0.2) is 52.8 Å². The average molecular weight is 1730 g/mol. The second-order valence-corrected chi connectivity index (χ2v) is 29.8. The van der Waals surface area contributed by atoms with Crippen molar-refractivity contribution in [3.8, 4) is 46.0 Å². The van der Waals surface area contributed by atoms with Crippen molar-refractivity contribution in [3.05, 3.63) is 275 Å². The normalized spacial score (nSPS) is 12.4. The number of carboxylic acid groups (broad SMARTS) is 1. The Labute approximate surface area is 655 Å². The second-order valence-electron chi connectivity index (χ2n) is 22.6. The molecular weight excluding hydrogens is 1670 g/mol. The number of carbonyl (C=O) groups is 4. The van der Waals surface area contributed by atoms with Crippen LogP contribution in [0.1, 0.15) is 54.1 Å². The number of benzene rings is 10. The molecule has 2 heterocycles. The van der Waals surface area contributed by atoms with Crippen molar-refractivity contribution in [3.63, 3.8) is 0 Å². The van der Waals surface area contributed by atoms with E-state index in [4.69, 9.17) is 58.1 Å². The lowest BCUT2D eigenvalue weighted by Crippen LogP contribution is -2.23. The van der Waals surface area contributed by atoms with E-state index in [9.17, 15) is 106 Å². The number of nitrogens with two attached hydrogens (primary N) is 1. The van der Waals surface area contributed by atoms with Crippen molar-refractivity contribution in [2.45, 2.75) is 57.1 Å². The van der Waals surface area contributed by atoms with Crippen LogP contribution in [0, 0.1) is 0 Å². The van der Waals surface area contributed by atoms with E-state index in [1.165, 1.54) is 66.7 Å². The van der Waals surface area contributed by atoms with Crippen molar-refractivity contribution >= 4 is 98.6 Å². The highest BCUT2D eigenvalue weighted by Gasteiger charge is 2.35. The molecule has 2 aliphatic heterocycles. The number of ether oxygens (including phenoxy) is 4. The van der Waals surface area contributed by atoms with Crippen LogP contribution in [0.3, 0.4) is 0 Å². The minimum absolute atomic E-state index is 0.0106. The standard InChI is InChI=1S/C23H17F3N2O6S.C14H11F3N2O3S.C14H9F3O4S.C9H8O4.C7H4ClF3O2S.C7H6O2/c24-23(25,26)16-6-8-17(9-7-16)35(30,31)34-19-4-2-1-3-18(19)27-13-28-22(29)12-15-5-10-20-21(11-15)33-14-32-20;15-14(16,17)10-5-7-11(8-6-10)23(20,21)22-13-4-2-1-3-12(13)19-9-18;15-14(16,17)11-5-7-12(8-6-11)22(19,20)21-13-4-2-1-3-10(13)9-18;10-9(11)4-6-1-2-7-8(3-6)13-5-12-7;8-14(12,13)6-3-1-5(2-4-6)7(9,10)11;8-5-6-3-1-2-4-7(6)9/h1-11,13H,12,14H2,(H,27,28,29);1-9H,(H2,18,19);1-9H;1-3H,4-5H2,(H,10,11);1-4H;1-5,9H. The third-order valence-corrected chi connectivity index (χ3v) is 19.7. The molecule has 0 aromatic heterocycles. The van der Waals surface area contributed by atoms with Crippen LogP contribution in [-0.4, -0.2) is 94.6 Å². The molecule has 1 amide bonds. The molecule has 0 fully saturated rings. The number of fused-ring (bicyclic) bond motifs is 2. The highest BCUT2D eigenvalue weighted by molar-refractivity contribution is 8.13. The molecule has 0 saturated carbocycles. The number of carbonyl (C=O) groups excluding carboxylic acids is 3. The molecule has 25 nitrogen and oxygen atoms in total. The molecule has 0 atom stereocenters. The van der Waals surface area contributed by atoms with Crippen molar-refractivity contribution in [1.82, 2.24) is 5.32 Å². The van der Waals surface area contributed by atoms with Gasteiger partial charge in [-0.3, -0.25) is 19.2 Å². The molecule has 116 heavy (non-hydrogen) atoms. The van der Waals surface area contributed by atoms with Crippen LogP contribution >= 0.6 is 10.7 Å². The maximum atomic E-state index is 12.7. The highest BCUT2D eigenvalue weighted by Crippen LogP contribution is 2.38. The van der Waals surface area contributed by atoms with E-state index in [2.05, 4.69) is 15.3 Å². The second kappa shape index (κ2) is 39.3. The predicted molar refractivity (Wildman–Crippen MR) is 389 cm³/mol. The summed E-state index contributed by atoms with van der Waals surface area (Å²) in [6, 6.07) is 45.7. The number of carboxylic acids is 1. The Morgan fingerprint density at radius 1 is 0.431 bits per heavy atom. The smallest absolute Gasteiger partial charge is 0.416 e. The molecule has 0 aliphatic carbocycles. The van der Waals surface area contributed by atoms with Crippen molar-refractivity contribution < 1.29 is 147 Å². The highest BCUT2D eigenvalue weighted by atomic mass is 35.7. The van der Waals surface area contributed by atoms with Gasteiger partial charge in [-0.1, -0.05) is 60.7 Å². The number of phenols is 1. The first kappa shape index (κ1) is 90.5. The zero-order chi connectivity index (χ0) is 85.5. The number of aliphatic imine (C=N–C) groups is 2. The quantitative estimate of drug-likeness (QED) is 0.0146. The van der Waals surface area contributed by atoms with Crippen LogP contribution in [-0.2, 0) is 86.5 Å². The molecule has 12 rings (SSSR count). The van der Waals surface area contributed by atoms with Gasteiger partial charge < -0.3 is 52.8 Å². The first-order valence-corrected chi connectivity index (χ1v) is 38.4. The van der Waals surface area contributed by atoms with E-state index in [0.717, 1.165) is 66.8 Å². The summed E-state index contributed by atoms with van der Waals surface area (Å²) in [5, 5.41) is 19.9. The molecule has 5 N–H and O–H groups in total. The zero-order valence-corrected chi connectivity index (χ0v) is 62.3. The Bertz CT molecular complexity index is 5660. The Morgan fingerprint density at radius 2 is 0.759 bits per heavy atom. The molecule has 2 aliphatic rings. The Hall–Kier alpha value is -12.7. The first-order chi connectivity index (χ1) is 54.4. The number of alkyl halides is 12. The summed E-state index contributed by atoms with van der Waals surface area (Å²) in [5.41, 5.74) is 3.32. The summed E-state index contributed by atoms with van der Waals surface area (Å²) in [4.78, 5) is 49.6. The molecule has 10 aromatic carbocycles. The minimum Gasteiger partial charge on any atom is -0.507 e.